The summed E-state index contributed by atoms with van der Waals surface area (Å²) in [6, 6.07) is 6.04. The summed E-state index contributed by atoms with van der Waals surface area (Å²) in [5.74, 6) is 0.179. The molecule has 0 aliphatic rings. The molecule has 3 nitrogen and oxygen atoms in total. The summed E-state index contributed by atoms with van der Waals surface area (Å²) in [4.78, 5) is 0. The molecule has 0 aliphatic heterocycles. The van der Waals surface area contributed by atoms with E-state index >= 15 is 0 Å². The van der Waals surface area contributed by atoms with Crippen LogP contribution in [-0.4, -0.2) is 26.0 Å². The van der Waals surface area contributed by atoms with E-state index in [4.69, 9.17) is 0 Å². The van der Waals surface area contributed by atoms with Crippen LogP contribution >= 0.6 is 0 Å². The summed E-state index contributed by atoms with van der Waals surface area (Å²) in [5, 5.41) is 2.91. The van der Waals surface area contributed by atoms with Crippen LogP contribution in [0.3, 0.4) is 0 Å². The van der Waals surface area contributed by atoms with Crippen LogP contribution in [0, 0.1) is 13.8 Å². The maximum atomic E-state index is 11.7. The van der Waals surface area contributed by atoms with Crippen molar-refractivity contribution in [3.63, 3.8) is 0 Å². The molecule has 96 valence electrons. The Kier molecular flexibility index (Phi) is 4.57. The van der Waals surface area contributed by atoms with E-state index in [1.807, 2.05) is 32.0 Å². The van der Waals surface area contributed by atoms with Crippen LogP contribution < -0.4 is 5.32 Å². The molecular weight excluding hydrogens is 234 g/mol. The molecule has 0 fully saturated rings. The quantitative estimate of drug-likeness (QED) is 0.879. The first-order valence-corrected chi connectivity index (χ1v) is 7.58. The van der Waals surface area contributed by atoms with Gasteiger partial charge in [-0.15, -0.1) is 0 Å². The van der Waals surface area contributed by atoms with Crippen molar-refractivity contribution in [2.45, 2.75) is 32.9 Å². The molecule has 0 saturated heterocycles. The number of benzene rings is 1. The molecular formula is C13H21NO2S. The van der Waals surface area contributed by atoms with Gasteiger partial charge in [0.25, 0.3) is 0 Å². The third kappa shape index (κ3) is 3.73. The molecule has 0 saturated carbocycles. The molecule has 1 aromatic carbocycles. The highest BCUT2D eigenvalue weighted by molar-refractivity contribution is 7.92. The van der Waals surface area contributed by atoms with Gasteiger partial charge in [-0.1, -0.05) is 18.2 Å². The molecule has 0 bridgehead atoms. The molecule has 17 heavy (non-hydrogen) atoms. The third-order valence-electron chi connectivity index (χ3n) is 2.89. The zero-order chi connectivity index (χ0) is 13.1. The minimum atomic E-state index is -2.96. The van der Waals surface area contributed by atoms with Gasteiger partial charge >= 0.3 is 0 Å². The average Bonchev–Trinajstić information content (AvgIpc) is 2.22. The second-order valence-electron chi connectivity index (χ2n) is 4.61. The van der Waals surface area contributed by atoms with E-state index < -0.39 is 9.84 Å². The molecule has 0 atom stereocenters. The van der Waals surface area contributed by atoms with Gasteiger partial charge < -0.3 is 5.32 Å². The fourth-order valence-electron chi connectivity index (χ4n) is 1.65. The Labute approximate surface area is 104 Å². The SMILES string of the molecule is Cc1cccc(C)c1NCCS(=O)(=O)C(C)C. The monoisotopic (exact) mass is 255 g/mol. The Morgan fingerprint density at radius 1 is 1.18 bits per heavy atom. The molecule has 4 heteroatoms. The van der Waals surface area contributed by atoms with Gasteiger partial charge in [-0.2, -0.15) is 0 Å². The minimum Gasteiger partial charge on any atom is -0.384 e. The fourth-order valence-corrected chi connectivity index (χ4v) is 2.51. The molecule has 0 aliphatic carbocycles. The summed E-state index contributed by atoms with van der Waals surface area (Å²) >= 11 is 0. The van der Waals surface area contributed by atoms with Crippen molar-refractivity contribution in [3.8, 4) is 0 Å². The number of hydrogen-bond acceptors (Lipinski definition) is 3. The third-order valence-corrected chi connectivity index (χ3v) is 5.10. The van der Waals surface area contributed by atoms with Crippen LogP contribution in [0.25, 0.3) is 0 Å². The summed E-state index contributed by atoms with van der Waals surface area (Å²) in [7, 11) is -2.96. The molecule has 0 radical (unpaired) electrons. The lowest BCUT2D eigenvalue weighted by atomic mass is 10.1. The Hall–Kier alpha value is -1.03. The largest absolute Gasteiger partial charge is 0.384 e. The number of sulfone groups is 1. The molecule has 0 unspecified atom stereocenters. The van der Waals surface area contributed by atoms with Crippen molar-refractivity contribution >= 4 is 15.5 Å². The van der Waals surface area contributed by atoms with Crippen molar-refractivity contribution in [2.75, 3.05) is 17.6 Å². The number of para-hydroxylation sites is 1. The van der Waals surface area contributed by atoms with Crippen molar-refractivity contribution in [3.05, 3.63) is 29.3 Å². The van der Waals surface area contributed by atoms with E-state index in [1.165, 1.54) is 0 Å². The van der Waals surface area contributed by atoms with Gasteiger partial charge in [0.1, 0.15) is 0 Å². The number of anilines is 1. The van der Waals surface area contributed by atoms with Gasteiger partial charge in [0.2, 0.25) is 0 Å². The predicted molar refractivity (Wildman–Crippen MR) is 73.3 cm³/mol. The molecule has 1 N–H and O–H groups in total. The zero-order valence-corrected chi connectivity index (χ0v) is 11.8. The average molecular weight is 255 g/mol. The Morgan fingerprint density at radius 2 is 1.71 bits per heavy atom. The number of aryl methyl sites for hydroxylation is 2. The second-order valence-corrected chi connectivity index (χ2v) is 7.29. The van der Waals surface area contributed by atoms with Crippen molar-refractivity contribution in [1.29, 1.82) is 0 Å². The van der Waals surface area contributed by atoms with Crippen LogP contribution in [-0.2, 0) is 9.84 Å². The summed E-state index contributed by atoms with van der Waals surface area (Å²) in [5.41, 5.74) is 3.34. The van der Waals surface area contributed by atoms with Crippen molar-refractivity contribution in [1.82, 2.24) is 0 Å². The highest BCUT2D eigenvalue weighted by atomic mass is 32.2. The normalized spacial score (nSPS) is 11.8. The Morgan fingerprint density at radius 3 is 2.18 bits per heavy atom. The lowest BCUT2D eigenvalue weighted by Crippen LogP contribution is -2.23. The van der Waals surface area contributed by atoms with Gasteiger partial charge in [0, 0.05) is 12.2 Å². The lowest BCUT2D eigenvalue weighted by Gasteiger charge is -2.13. The van der Waals surface area contributed by atoms with Gasteiger partial charge in [0.05, 0.1) is 11.0 Å². The first-order chi connectivity index (χ1) is 7.84. The summed E-state index contributed by atoms with van der Waals surface area (Å²) in [6.07, 6.45) is 0. The standard InChI is InChI=1S/C13H21NO2S/c1-10(2)17(15,16)9-8-14-13-11(3)6-5-7-12(13)4/h5-7,10,14H,8-9H2,1-4H3. The Balaban J connectivity index is 2.64. The van der Waals surface area contributed by atoms with Crippen molar-refractivity contribution in [2.24, 2.45) is 0 Å². The highest BCUT2D eigenvalue weighted by Crippen LogP contribution is 2.19. The Bertz CT molecular complexity index is 458. The van der Waals surface area contributed by atoms with Crippen molar-refractivity contribution < 1.29 is 8.42 Å². The predicted octanol–water partition coefficient (Wildman–Crippen LogP) is 2.54. The highest BCUT2D eigenvalue weighted by Gasteiger charge is 2.15. The zero-order valence-electron chi connectivity index (χ0n) is 10.9. The minimum absolute atomic E-state index is 0.179. The second kappa shape index (κ2) is 5.54. The first kappa shape index (κ1) is 14.0. The first-order valence-electron chi connectivity index (χ1n) is 5.86. The summed E-state index contributed by atoms with van der Waals surface area (Å²) < 4.78 is 23.3. The van der Waals surface area contributed by atoms with E-state index in [0.717, 1.165) is 16.8 Å². The summed E-state index contributed by atoms with van der Waals surface area (Å²) in [6.45, 7) is 7.94. The van der Waals surface area contributed by atoms with Crippen LogP contribution in [0.2, 0.25) is 0 Å². The molecule has 0 spiro atoms. The molecule has 0 amide bonds. The van der Waals surface area contributed by atoms with E-state index in [1.54, 1.807) is 13.8 Å². The maximum absolute atomic E-state index is 11.7. The van der Waals surface area contributed by atoms with E-state index in [9.17, 15) is 8.42 Å². The molecule has 0 heterocycles. The topological polar surface area (TPSA) is 46.2 Å². The maximum Gasteiger partial charge on any atom is 0.154 e. The van der Waals surface area contributed by atoms with Crippen LogP contribution in [0.1, 0.15) is 25.0 Å². The molecule has 0 aromatic heterocycles. The van der Waals surface area contributed by atoms with E-state index in [2.05, 4.69) is 5.32 Å². The molecule has 1 aromatic rings. The number of rotatable bonds is 5. The van der Waals surface area contributed by atoms with E-state index in [0.29, 0.717) is 6.54 Å². The van der Waals surface area contributed by atoms with Gasteiger partial charge in [0.15, 0.2) is 9.84 Å². The van der Waals surface area contributed by atoms with Gasteiger partial charge in [-0.05, 0) is 38.8 Å². The fraction of sp³-hybridized carbons (Fsp3) is 0.538. The van der Waals surface area contributed by atoms with Crippen LogP contribution in [0.15, 0.2) is 18.2 Å². The lowest BCUT2D eigenvalue weighted by molar-refractivity contribution is 0.588. The van der Waals surface area contributed by atoms with Gasteiger partial charge in [-0.25, -0.2) is 8.42 Å². The number of hydrogen-bond donors (Lipinski definition) is 1. The van der Waals surface area contributed by atoms with Crippen LogP contribution in [0.4, 0.5) is 5.69 Å². The number of nitrogens with one attached hydrogen (secondary N) is 1. The van der Waals surface area contributed by atoms with Gasteiger partial charge in [-0.3, -0.25) is 0 Å². The molecule has 1 rings (SSSR count). The smallest absolute Gasteiger partial charge is 0.154 e. The van der Waals surface area contributed by atoms with E-state index in [-0.39, 0.29) is 11.0 Å². The van der Waals surface area contributed by atoms with Crippen LogP contribution in [0.5, 0.6) is 0 Å².